The van der Waals surface area contributed by atoms with Gasteiger partial charge in [0.05, 0.1) is 4.90 Å². The lowest BCUT2D eigenvalue weighted by atomic mass is 10.2. The Morgan fingerprint density at radius 2 is 2.17 bits per heavy atom. The van der Waals surface area contributed by atoms with Crippen molar-refractivity contribution in [3.8, 4) is 0 Å². The largest absolute Gasteiger partial charge is 0.363 e. The van der Waals surface area contributed by atoms with Crippen LogP contribution in [-0.2, 0) is 16.6 Å². The number of aromatic nitrogens is 1. The van der Waals surface area contributed by atoms with Gasteiger partial charge in [-0.05, 0) is 37.5 Å². The van der Waals surface area contributed by atoms with Gasteiger partial charge < -0.3 is 10.3 Å². The molecule has 1 fully saturated rings. The Morgan fingerprint density at radius 1 is 1.44 bits per heavy atom. The van der Waals surface area contributed by atoms with E-state index in [1.165, 1.54) is 0 Å². The number of hydrogen-bond acceptors (Lipinski definition) is 4. The molecule has 18 heavy (non-hydrogen) atoms. The zero-order valence-electron chi connectivity index (χ0n) is 10.4. The highest BCUT2D eigenvalue weighted by atomic mass is 32.2. The van der Waals surface area contributed by atoms with Crippen LogP contribution in [0.3, 0.4) is 0 Å². The molecule has 0 bridgehead atoms. The van der Waals surface area contributed by atoms with Gasteiger partial charge in [0.2, 0.25) is 10.0 Å². The SMILES string of the molecule is CNCc1cc(S(=O)(=O)NC2CCSCC2)c[nH]1. The van der Waals surface area contributed by atoms with E-state index in [1.807, 2.05) is 18.8 Å². The Hall–Kier alpha value is -0.500. The minimum Gasteiger partial charge on any atom is -0.363 e. The smallest absolute Gasteiger partial charge is 0.242 e. The lowest BCUT2D eigenvalue weighted by molar-refractivity contribution is 0.529. The summed E-state index contributed by atoms with van der Waals surface area (Å²) < 4.78 is 27.1. The van der Waals surface area contributed by atoms with Gasteiger partial charge in [-0.1, -0.05) is 0 Å². The molecule has 1 aliphatic heterocycles. The monoisotopic (exact) mass is 289 g/mol. The molecule has 2 rings (SSSR count). The molecule has 0 amide bonds. The number of sulfonamides is 1. The Labute approximate surface area is 112 Å². The third kappa shape index (κ3) is 3.50. The van der Waals surface area contributed by atoms with Crippen molar-refractivity contribution >= 4 is 21.8 Å². The second kappa shape index (κ2) is 6.10. The van der Waals surface area contributed by atoms with Crippen LogP contribution < -0.4 is 10.0 Å². The van der Waals surface area contributed by atoms with Gasteiger partial charge >= 0.3 is 0 Å². The fourth-order valence-corrected chi connectivity index (χ4v) is 4.40. The summed E-state index contributed by atoms with van der Waals surface area (Å²) >= 11 is 1.88. The number of nitrogens with one attached hydrogen (secondary N) is 3. The average Bonchev–Trinajstić information content (AvgIpc) is 2.80. The molecule has 2 heterocycles. The fraction of sp³-hybridized carbons (Fsp3) is 0.636. The number of H-pyrrole nitrogens is 1. The molecular formula is C11H19N3O2S2. The standard InChI is InChI=1S/C11H19N3O2S2/c1-12-7-10-6-11(8-13-10)18(15,16)14-9-2-4-17-5-3-9/h6,8-9,12-14H,2-5,7H2,1H3. The van der Waals surface area contributed by atoms with Crippen molar-refractivity contribution in [2.75, 3.05) is 18.6 Å². The van der Waals surface area contributed by atoms with E-state index in [-0.39, 0.29) is 6.04 Å². The highest BCUT2D eigenvalue weighted by Crippen LogP contribution is 2.19. The Morgan fingerprint density at radius 3 is 2.83 bits per heavy atom. The van der Waals surface area contributed by atoms with Crippen molar-refractivity contribution in [2.45, 2.75) is 30.3 Å². The van der Waals surface area contributed by atoms with Crippen molar-refractivity contribution in [3.63, 3.8) is 0 Å². The molecule has 1 saturated heterocycles. The number of aromatic amines is 1. The van der Waals surface area contributed by atoms with E-state index in [2.05, 4.69) is 15.0 Å². The first-order valence-electron chi connectivity index (χ1n) is 6.04. The first kappa shape index (κ1) is 13.9. The maximum Gasteiger partial charge on any atom is 0.242 e. The summed E-state index contributed by atoms with van der Waals surface area (Å²) in [6.07, 6.45) is 3.38. The maximum atomic E-state index is 12.2. The second-order valence-electron chi connectivity index (χ2n) is 4.40. The van der Waals surface area contributed by atoms with E-state index >= 15 is 0 Å². The summed E-state index contributed by atoms with van der Waals surface area (Å²) in [7, 11) is -1.55. The molecule has 0 spiro atoms. The summed E-state index contributed by atoms with van der Waals surface area (Å²) in [5, 5.41) is 2.98. The van der Waals surface area contributed by atoms with E-state index in [4.69, 9.17) is 0 Å². The van der Waals surface area contributed by atoms with Crippen molar-refractivity contribution in [2.24, 2.45) is 0 Å². The number of hydrogen-bond donors (Lipinski definition) is 3. The van der Waals surface area contributed by atoms with Gasteiger partial charge in [-0.25, -0.2) is 13.1 Å². The molecule has 3 N–H and O–H groups in total. The molecule has 1 aliphatic rings. The van der Waals surface area contributed by atoms with Crippen LogP contribution >= 0.6 is 11.8 Å². The Balaban J connectivity index is 2.04. The summed E-state index contributed by atoms with van der Waals surface area (Å²) in [6, 6.07) is 1.76. The predicted molar refractivity (Wildman–Crippen MR) is 74.2 cm³/mol. The molecule has 102 valence electrons. The zero-order valence-corrected chi connectivity index (χ0v) is 12.0. The quantitative estimate of drug-likeness (QED) is 0.753. The predicted octanol–water partition coefficient (Wildman–Crippen LogP) is 0.908. The summed E-state index contributed by atoms with van der Waals surface area (Å²) in [5.74, 6) is 2.07. The van der Waals surface area contributed by atoms with Crippen molar-refractivity contribution < 1.29 is 8.42 Å². The molecule has 0 radical (unpaired) electrons. The van der Waals surface area contributed by atoms with Gasteiger partial charge in [0.15, 0.2) is 0 Å². The van der Waals surface area contributed by atoms with Crippen LogP contribution in [0.15, 0.2) is 17.2 Å². The molecule has 0 unspecified atom stereocenters. The number of thioether (sulfide) groups is 1. The minimum atomic E-state index is -3.38. The number of rotatable bonds is 5. The zero-order chi connectivity index (χ0) is 13.0. The molecule has 0 aliphatic carbocycles. The van der Waals surface area contributed by atoms with E-state index in [0.717, 1.165) is 30.0 Å². The van der Waals surface area contributed by atoms with Crippen LogP contribution in [0.2, 0.25) is 0 Å². The summed E-state index contributed by atoms with van der Waals surface area (Å²) in [4.78, 5) is 3.29. The van der Waals surface area contributed by atoms with E-state index < -0.39 is 10.0 Å². The van der Waals surface area contributed by atoms with Crippen LogP contribution in [0, 0.1) is 0 Å². The van der Waals surface area contributed by atoms with Gasteiger partial charge in [-0.2, -0.15) is 11.8 Å². The van der Waals surface area contributed by atoms with Crippen LogP contribution in [0.5, 0.6) is 0 Å². The highest BCUT2D eigenvalue weighted by Gasteiger charge is 2.22. The third-order valence-corrected chi connectivity index (χ3v) is 5.49. The van der Waals surface area contributed by atoms with Gasteiger partial charge in [0, 0.05) is 24.5 Å². The summed E-state index contributed by atoms with van der Waals surface area (Å²) in [5.41, 5.74) is 0.872. The van der Waals surface area contributed by atoms with Gasteiger partial charge in [-0.15, -0.1) is 0 Å². The Bertz CT molecular complexity index is 478. The van der Waals surface area contributed by atoms with Crippen LogP contribution in [0.1, 0.15) is 18.5 Å². The molecule has 7 heteroatoms. The van der Waals surface area contributed by atoms with Gasteiger partial charge in [0.25, 0.3) is 0 Å². The third-order valence-electron chi connectivity index (χ3n) is 2.94. The molecule has 0 atom stereocenters. The first-order chi connectivity index (χ1) is 8.62. The first-order valence-corrected chi connectivity index (χ1v) is 8.67. The lowest BCUT2D eigenvalue weighted by Gasteiger charge is -2.21. The van der Waals surface area contributed by atoms with E-state index in [9.17, 15) is 8.42 Å². The van der Waals surface area contributed by atoms with Crippen molar-refractivity contribution in [1.29, 1.82) is 0 Å². The molecule has 0 aromatic carbocycles. The molecule has 1 aromatic rings. The van der Waals surface area contributed by atoms with Crippen molar-refractivity contribution in [1.82, 2.24) is 15.0 Å². The van der Waals surface area contributed by atoms with Crippen LogP contribution in [0.25, 0.3) is 0 Å². The maximum absolute atomic E-state index is 12.2. The van der Waals surface area contributed by atoms with Gasteiger partial charge in [-0.3, -0.25) is 0 Å². The molecular weight excluding hydrogens is 270 g/mol. The molecule has 0 saturated carbocycles. The highest BCUT2D eigenvalue weighted by molar-refractivity contribution is 7.99. The minimum absolute atomic E-state index is 0.0823. The van der Waals surface area contributed by atoms with E-state index in [0.29, 0.717) is 11.4 Å². The normalized spacial score (nSPS) is 18.1. The topological polar surface area (TPSA) is 74.0 Å². The van der Waals surface area contributed by atoms with Gasteiger partial charge in [0.1, 0.15) is 0 Å². The summed E-state index contributed by atoms with van der Waals surface area (Å²) in [6.45, 7) is 0.635. The van der Waals surface area contributed by atoms with Crippen LogP contribution in [0.4, 0.5) is 0 Å². The van der Waals surface area contributed by atoms with E-state index in [1.54, 1.807) is 12.3 Å². The average molecular weight is 289 g/mol. The lowest BCUT2D eigenvalue weighted by Crippen LogP contribution is -2.37. The van der Waals surface area contributed by atoms with Crippen LogP contribution in [-0.4, -0.2) is 38.0 Å². The second-order valence-corrected chi connectivity index (χ2v) is 7.34. The molecule has 1 aromatic heterocycles. The molecule has 5 nitrogen and oxygen atoms in total. The fourth-order valence-electron chi connectivity index (χ4n) is 1.97. The Kier molecular flexibility index (Phi) is 4.71. The van der Waals surface area contributed by atoms with Crippen molar-refractivity contribution in [3.05, 3.63) is 18.0 Å².